The second-order valence-electron chi connectivity index (χ2n) is 7.21. The molecule has 0 bridgehead atoms. The average molecular weight is 445 g/mol. The van der Waals surface area contributed by atoms with Crippen LogP contribution in [0.5, 0.6) is 0 Å². The second-order valence-corrected chi connectivity index (χ2v) is 7.21. The minimum atomic E-state index is -1.22. The Balaban J connectivity index is 4.89. The summed E-state index contributed by atoms with van der Waals surface area (Å²) in [7, 11) is 0. The highest BCUT2D eigenvalue weighted by molar-refractivity contribution is 5.93. The Bertz CT molecular complexity index is 636. The van der Waals surface area contributed by atoms with E-state index in [4.69, 9.17) is 22.9 Å². The van der Waals surface area contributed by atoms with Gasteiger partial charge in [-0.05, 0) is 52.5 Å². The molecule has 0 spiro atoms. The maximum absolute atomic E-state index is 12.6. The van der Waals surface area contributed by atoms with Crippen LogP contribution in [0.15, 0.2) is 4.99 Å². The van der Waals surface area contributed by atoms with E-state index in [1.54, 1.807) is 0 Å². The summed E-state index contributed by atoms with van der Waals surface area (Å²) in [6.07, 6.45) is 2.00. The summed E-state index contributed by atoms with van der Waals surface area (Å²) >= 11 is 0. The summed E-state index contributed by atoms with van der Waals surface area (Å²) in [5.41, 5.74) is 21.4. The molecule has 4 unspecified atom stereocenters. The SMILES string of the molecule is CC(N)C(=O)NC(CCCCN)C(=O)NC(C)C(=O)NC(CCCN=C(N)N)C(=O)O. The molecule has 13 nitrogen and oxygen atoms in total. The van der Waals surface area contributed by atoms with Crippen molar-refractivity contribution in [2.24, 2.45) is 27.9 Å². The molecule has 12 N–H and O–H groups in total. The van der Waals surface area contributed by atoms with Gasteiger partial charge in [0.25, 0.3) is 0 Å². The Kier molecular flexibility index (Phi) is 13.5. The molecule has 0 radical (unpaired) electrons. The number of hydrogen-bond acceptors (Lipinski definition) is 7. The van der Waals surface area contributed by atoms with E-state index in [0.717, 1.165) is 0 Å². The van der Waals surface area contributed by atoms with Crippen molar-refractivity contribution in [1.29, 1.82) is 0 Å². The van der Waals surface area contributed by atoms with Crippen LogP contribution in [0.25, 0.3) is 0 Å². The van der Waals surface area contributed by atoms with E-state index < -0.39 is 47.9 Å². The molecule has 0 saturated heterocycles. The quantitative estimate of drug-likeness (QED) is 0.0731. The smallest absolute Gasteiger partial charge is 0.326 e. The summed E-state index contributed by atoms with van der Waals surface area (Å²) in [6.45, 7) is 3.56. The largest absolute Gasteiger partial charge is 0.480 e. The molecule has 3 amide bonds. The fourth-order valence-electron chi connectivity index (χ4n) is 2.50. The first-order valence-electron chi connectivity index (χ1n) is 10.1. The van der Waals surface area contributed by atoms with Crippen molar-refractivity contribution in [3.63, 3.8) is 0 Å². The van der Waals surface area contributed by atoms with Crippen molar-refractivity contribution in [1.82, 2.24) is 16.0 Å². The molecule has 0 aromatic carbocycles. The Hall–Kier alpha value is -2.93. The number of carbonyl (C=O) groups is 4. The van der Waals surface area contributed by atoms with E-state index in [9.17, 15) is 24.3 Å². The summed E-state index contributed by atoms with van der Waals surface area (Å²) in [6, 6.07) is -3.90. The van der Waals surface area contributed by atoms with Gasteiger partial charge in [-0.15, -0.1) is 0 Å². The highest BCUT2D eigenvalue weighted by Crippen LogP contribution is 2.03. The number of aliphatic carboxylic acids is 1. The maximum Gasteiger partial charge on any atom is 0.326 e. The van der Waals surface area contributed by atoms with Gasteiger partial charge < -0.3 is 44.0 Å². The highest BCUT2D eigenvalue weighted by Gasteiger charge is 2.27. The predicted molar refractivity (Wildman–Crippen MR) is 116 cm³/mol. The average Bonchev–Trinajstić information content (AvgIpc) is 2.68. The minimum Gasteiger partial charge on any atom is -0.480 e. The van der Waals surface area contributed by atoms with Crippen LogP contribution in [0.4, 0.5) is 0 Å². The van der Waals surface area contributed by atoms with Gasteiger partial charge in [0.15, 0.2) is 5.96 Å². The third kappa shape index (κ3) is 12.4. The molecule has 0 aliphatic rings. The van der Waals surface area contributed by atoms with Gasteiger partial charge in [0.05, 0.1) is 6.04 Å². The van der Waals surface area contributed by atoms with Crippen LogP contribution < -0.4 is 38.9 Å². The predicted octanol–water partition coefficient (Wildman–Crippen LogP) is -2.92. The molecule has 0 aromatic rings. The number of amides is 3. The van der Waals surface area contributed by atoms with Crippen molar-refractivity contribution < 1.29 is 24.3 Å². The van der Waals surface area contributed by atoms with Crippen LogP contribution >= 0.6 is 0 Å². The number of nitrogens with one attached hydrogen (secondary N) is 3. The zero-order valence-corrected chi connectivity index (χ0v) is 18.1. The standard InChI is InChI=1S/C18H36N8O5/c1-10(20)14(27)25-12(6-3-4-8-19)16(29)24-11(2)15(28)26-13(17(30)31)7-5-9-23-18(21)22/h10-13H,3-9,19-20H2,1-2H3,(H,24,29)(H,25,27)(H,26,28)(H,30,31)(H4,21,22,23). The van der Waals surface area contributed by atoms with E-state index in [1.165, 1.54) is 13.8 Å². The molecule has 0 fully saturated rings. The van der Waals surface area contributed by atoms with Crippen LogP contribution in [0.3, 0.4) is 0 Å². The first-order chi connectivity index (χ1) is 14.5. The molecule has 0 heterocycles. The molecule has 0 saturated carbocycles. The summed E-state index contributed by atoms with van der Waals surface area (Å²) in [5.74, 6) is -3.09. The lowest BCUT2D eigenvalue weighted by molar-refractivity contribution is -0.142. The van der Waals surface area contributed by atoms with Crippen molar-refractivity contribution in [2.45, 2.75) is 70.1 Å². The highest BCUT2D eigenvalue weighted by atomic mass is 16.4. The minimum absolute atomic E-state index is 0.102. The van der Waals surface area contributed by atoms with Gasteiger partial charge in [0.2, 0.25) is 17.7 Å². The topological polar surface area (TPSA) is 241 Å². The summed E-state index contributed by atoms with van der Waals surface area (Å²) in [4.78, 5) is 52.0. The Labute approximate surface area is 181 Å². The number of hydrogen-bond donors (Lipinski definition) is 8. The molecular formula is C18H36N8O5. The van der Waals surface area contributed by atoms with Gasteiger partial charge in [0, 0.05) is 6.54 Å². The van der Waals surface area contributed by atoms with Crippen LogP contribution in [0.2, 0.25) is 0 Å². The van der Waals surface area contributed by atoms with Gasteiger partial charge in [-0.25, -0.2) is 4.79 Å². The third-order valence-corrected chi connectivity index (χ3v) is 4.31. The van der Waals surface area contributed by atoms with E-state index in [2.05, 4.69) is 20.9 Å². The molecule has 13 heteroatoms. The molecule has 178 valence electrons. The van der Waals surface area contributed by atoms with Gasteiger partial charge in [-0.1, -0.05) is 0 Å². The number of nitrogens with zero attached hydrogens (tertiary/aromatic N) is 1. The monoisotopic (exact) mass is 444 g/mol. The number of rotatable bonds is 15. The van der Waals surface area contributed by atoms with E-state index in [0.29, 0.717) is 32.2 Å². The van der Waals surface area contributed by atoms with E-state index in [-0.39, 0.29) is 18.9 Å². The van der Waals surface area contributed by atoms with E-state index in [1.807, 2.05) is 0 Å². The van der Waals surface area contributed by atoms with Gasteiger partial charge in [-0.2, -0.15) is 0 Å². The van der Waals surface area contributed by atoms with Crippen molar-refractivity contribution >= 4 is 29.7 Å². The van der Waals surface area contributed by atoms with Crippen LogP contribution in [0.1, 0.15) is 46.0 Å². The lowest BCUT2D eigenvalue weighted by Gasteiger charge is -2.23. The van der Waals surface area contributed by atoms with Gasteiger partial charge >= 0.3 is 5.97 Å². The van der Waals surface area contributed by atoms with Crippen molar-refractivity contribution in [2.75, 3.05) is 13.1 Å². The number of carboxylic acid groups (broad SMARTS) is 1. The number of aliphatic imine (C=N–C) groups is 1. The lowest BCUT2D eigenvalue weighted by atomic mass is 10.1. The number of unbranched alkanes of at least 4 members (excludes halogenated alkanes) is 1. The Morgan fingerprint density at radius 1 is 0.871 bits per heavy atom. The fraction of sp³-hybridized carbons (Fsp3) is 0.722. The molecular weight excluding hydrogens is 408 g/mol. The van der Waals surface area contributed by atoms with Crippen LogP contribution in [0, 0.1) is 0 Å². The molecule has 0 aliphatic heterocycles. The summed E-state index contributed by atoms with van der Waals surface area (Å²) in [5, 5.41) is 16.7. The van der Waals surface area contributed by atoms with Crippen molar-refractivity contribution in [3.05, 3.63) is 0 Å². The third-order valence-electron chi connectivity index (χ3n) is 4.31. The molecule has 0 rings (SSSR count). The first kappa shape index (κ1) is 28.1. The van der Waals surface area contributed by atoms with Crippen LogP contribution in [-0.4, -0.2) is 72.0 Å². The number of nitrogens with two attached hydrogens (primary N) is 4. The zero-order chi connectivity index (χ0) is 24.0. The van der Waals surface area contributed by atoms with Crippen LogP contribution in [-0.2, 0) is 19.2 Å². The zero-order valence-electron chi connectivity index (χ0n) is 18.1. The molecule has 4 atom stereocenters. The Morgan fingerprint density at radius 2 is 1.45 bits per heavy atom. The molecule has 0 aliphatic carbocycles. The molecule has 0 aromatic heterocycles. The number of carbonyl (C=O) groups excluding carboxylic acids is 3. The normalized spacial score (nSPS) is 14.5. The number of carboxylic acids is 1. The van der Waals surface area contributed by atoms with Crippen molar-refractivity contribution in [3.8, 4) is 0 Å². The Morgan fingerprint density at radius 3 is 1.97 bits per heavy atom. The lowest BCUT2D eigenvalue weighted by Crippen LogP contribution is -2.56. The molecule has 31 heavy (non-hydrogen) atoms. The van der Waals surface area contributed by atoms with E-state index >= 15 is 0 Å². The maximum atomic E-state index is 12.6. The van der Waals surface area contributed by atoms with Gasteiger partial charge in [0.1, 0.15) is 18.1 Å². The fourth-order valence-corrected chi connectivity index (χ4v) is 2.50. The number of guanidine groups is 1. The first-order valence-corrected chi connectivity index (χ1v) is 10.1. The summed E-state index contributed by atoms with van der Waals surface area (Å²) < 4.78 is 0. The van der Waals surface area contributed by atoms with Gasteiger partial charge in [-0.3, -0.25) is 19.4 Å². The second kappa shape index (κ2) is 15.0.